The Balaban J connectivity index is 1.59. The van der Waals surface area contributed by atoms with Gasteiger partial charge in [0.1, 0.15) is 11.4 Å². The first kappa shape index (κ1) is 16.7. The lowest BCUT2D eigenvalue weighted by atomic mass is 10.1. The van der Waals surface area contributed by atoms with E-state index in [4.69, 9.17) is 9.97 Å². The monoisotopic (exact) mass is 452 g/mol. The summed E-state index contributed by atoms with van der Waals surface area (Å²) in [5, 5.41) is 8.36. The molecule has 0 aliphatic rings. The third-order valence-corrected chi connectivity index (χ3v) is 6.19. The molecular formula is C20H13BrN4S2. The molecule has 0 saturated carbocycles. The fourth-order valence-electron chi connectivity index (χ4n) is 2.92. The summed E-state index contributed by atoms with van der Waals surface area (Å²) in [6.07, 6.45) is 2.05. The molecule has 0 atom stereocenters. The van der Waals surface area contributed by atoms with E-state index >= 15 is 0 Å². The van der Waals surface area contributed by atoms with E-state index in [0.29, 0.717) is 0 Å². The van der Waals surface area contributed by atoms with Gasteiger partial charge in [0, 0.05) is 32.7 Å². The number of anilines is 2. The first-order valence-corrected chi connectivity index (χ1v) is 10.8. The van der Waals surface area contributed by atoms with E-state index in [2.05, 4.69) is 43.2 Å². The number of thiazole rings is 2. The Morgan fingerprint density at radius 3 is 2.56 bits per heavy atom. The van der Waals surface area contributed by atoms with Crippen LogP contribution in [0, 0.1) is 0 Å². The minimum absolute atomic E-state index is 0.864. The topological polar surface area (TPSA) is 42.2 Å². The summed E-state index contributed by atoms with van der Waals surface area (Å²) in [4.78, 5) is 10.6. The van der Waals surface area contributed by atoms with Crippen molar-refractivity contribution >= 4 is 54.4 Å². The van der Waals surface area contributed by atoms with Crippen molar-refractivity contribution in [1.82, 2.24) is 14.4 Å². The summed E-state index contributed by atoms with van der Waals surface area (Å²) < 4.78 is 3.17. The van der Waals surface area contributed by atoms with Gasteiger partial charge in [-0.25, -0.2) is 9.97 Å². The number of rotatable bonds is 4. The number of hydrogen-bond donors (Lipinski definition) is 1. The molecule has 3 heterocycles. The molecule has 3 aromatic heterocycles. The number of hydrogen-bond acceptors (Lipinski definition) is 5. The van der Waals surface area contributed by atoms with Crippen LogP contribution < -0.4 is 5.32 Å². The molecule has 132 valence electrons. The maximum absolute atomic E-state index is 4.85. The first-order valence-electron chi connectivity index (χ1n) is 8.27. The Hall–Kier alpha value is -2.48. The Labute approximate surface area is 172 Å². The van der Waals surface area contributed by atoms with E-state index in [9.17, 15) is 0 Å². The number of fused-ring (bicyclic) bond motifs is 1. The van der Waals surface area contributed by atoms with Crippen LogP contribution in [0.25, 0.3) is 27.6 Å². The number of benzene rings is 2. The van der Waals surface area contributed by atoms with Gasteiger partial charge in [0.15, 0.2) is 10.1 Å². The average Bonchev–Trinajstić information content (AvgIpc) is 3.39. The molecule has 0 radical (unpaired) electrons. The minimum atomic E-state index is 0.864. The second-order valence-corrected chi connectivity index (χ2v) is 8.55. The average molecular weight is 453 g/mol. The standard InChI is InChI=1S/C20H13BrN4S2/c21-14-8-6-13(7-9-14)17-18(25-10-11-26-20(25)24-17)16-12-27-19(23-16)22-15-4-2-1-3-5-15/h1-12H,(H,22,23). The number of nitrogens with zero attached hydrogens (tertiary/aromatic N) is 3. The molecule has 0 saturated heterocycles. The largest absolute Gasteiger partial charge is 0.332 e. The van der Waals surface area contributed by atoms with Gasteiger partial charge < -0.3 is 5.32 Å². The molecule has 2 aromatic carbocycles. The van der Waals surface area contributed by atoms with Gasteiger partial charge in [0.2, 0.25) is 0 Å². The van der Waals surface area contributed by atoms with Crippen molar-refractivity contribution in [2.24, 2.45) is 0 Å². The van der Waals surface area contributed by atoms with Crippen LogP contribution in [0.3, 0.4) is 0 Å². The third-order valence-electron chi connectivity index (χ3n) is 4.15. The highest BCUT2D eigenvalue weighted by molar-refractivity contribution is 9.10. The lowest BCUT2D eigenvalue weighted by Crippen LogP contribution is -1.91. The van der Waals surface area contributed by atoms with Crippen LogP contribution in [0.15, 0.2) is 76.0 Å². The van der Waals surface area contributed by atoms with Crippen LogP contribution in [-0.4, -0.2) is 14.4 Å². The highest BCUT2D eigenvalue weighted by atomic mass is 79.9. The Morgan fingerprint density at radius 2 is 1.74 bits per heavy atom. The van der Waals surface area contributed by atoms with Crippen molar-refractivity contribution in [1.29, 1.82) is 0 Å². The van der Waals surface area contributed by atoms with E-state index in [1.54, 1.807) is 22.7 Å². The zero-order chi connectivity index (χ0) is 18.2. The van der Waals surface area contributed by atoms with Crippen molar-refractivity contribution in [3.63, 3.8) is 0 Å². The molecule has 0 unspecified atom stereocenters. The molecule has 7 heteroatoms. The van der Waals surface area contributed by atoms with Crippen LogP contribution in [0.5, 0.6) is 0 Å². The Morgan fingerprint density at radius 1 is 0.926 bits per heavy atom. The van der Waals surface area contributed by atoms with E-state index in [-0.39, 0.29) is 0 Å². The number of imidazole rings is 1. The summed E-state index contributed by atoms with van der Waals surface area (Å²) in [5.41, 5.74) is 4.99. The van der Waals surface area contributed by atoms with Crippen LogP contribution in [0.4, 0.5) is 10.8 Å². The molecule has 5 aromatic rings. The van der Waals surface area contributed by atoms with Gasteiger partial charge in [0.05, 0.1) is 5.69 Å². The molecular weight excluding hydrogens is 440 g/mol. The number of nitrogens with one attached hydrogen (secondary N) is 1. The van der Waals surface area contributed by atoms with Crippen LogP contribution >= 0.6 is 38.6 Å². The van der Waals surface area contributed by atoms with E-state index < -0.39 is 0 Å². The van der Waals surface area contributed by atoms with Gasteiger partial charge >= 0.3 is 0 Å². The fraction of sp³-hybridized carbons (Fsp3) is 0. The molecule has 0 bridgehead atoms. The highest BCUT2D eigenvalue weighted by Crippen LogP contribution is 2.36. The Kier molecular flexibility index (Phi) is 4.27. The van der Waals surface area contributed by atoms with Crippen LogP contribution in [0.1, 0.15) is 0 Å². The smallest absolute Gasteiger partial charge is 0.194 e. The summed E-state index contributed by atoms with van der Waals surface area (Å²) >= 11 is 6.72. The summed E-state index contributed by atoms with van der Waals surface area (Å²) in [7, 11) is 0. The van der Waals surface area contributed by atoms with Gasteiger partial charge in [-0.2, -0.15) is 0 Å². The molecule has 0 aliphatic carbocycles. The molecule has 27 heavy (non-hydrogen) atoms. The highest BCUT2D eigenvalue weighted by Gasteiger charge is 2.19. The van der Waals surface area contributed by atoms with E-state index in [1.165, 1.54) is 0 Å². The van der Waals surface area contributed by atoms with Crippen molar-refractivity contribution in [3.8, 4) is 22.6 Å². The van der Waals surface area contributed by atoms with Gasteiger partial charge in [-0.05, 0) is 24.3 Å². The van der Waals surface area contributed by atoms with Gasteiger partial charge in [-0.3, -0.25) is 4.40 Å². The molecule has 0 spiro atoms. The minimum Gasteiger partial charge on any atom is -0.332 e. The zero-order valence-corrected chi connectivity index (χ0v) is 17.2. The molecule has 0 fully saturated rings. The van der Waals surface area contributed by atoms with Crippen LogP contribution in [0.2, 0.25) is 0 Å². The maximum atomic E-state index is 4.85. The first-order chi connectivity index (χ1) is 13.3. The van der Waals surface area contributed by atoms with Crippen molar-refractivity contribution in [2.45, 2.75) is 0 Å². The molecule has 0 amide bonds. The number of aromatic nitrogens is 3. The fourth-order valence-corrected chi connectivity index (χ4v) is 4.62. The number of halogens is 1. The van der Waals surface area contributed by atoms with Crippen molar-refractivity contribution < 1.29 is 0 Å². The second kappa shape index (κ2) is 6.92. The summed E-state index contributed by atoms with van der Waals surface area (Å²) in [6.45, 7) is 0. The summed E-state index contributed by atoms with van der Waals surface area (Å²) in [5.74, 6) is 0. The van der Waals surface area contributed by atoms with Crippen molar-refractivity contribution in [3.05, 3.63) is 76.0 Å². The number of para-hydroxylation sites is 1. The second-order valence-electron chi connectivity index (χ2n) is 5.90. The molecule has 0 aliphatic heterocycles. The van der Waals surface area contributed by atoms with E-state index in [1.807, 2.05) is 54.0 Å². The summed E-state index contributed by atoms with van der Waals surface area (Å²) in [6, 6.07) is 18.3. The van der Waals surface area contributed by atoms with Gasteiger partial charge in [-0.15, -0.1) is 22.7 Å². The SMILES string of the molecule is Brc1ccc(-c2nc3sccn3c2-c2csc(Nc3ccccc3)n2)cc1. The molecule has 1 N–H and O–H groups in total. The van der Waals surface area contributed by atoms with Gasteiger partial charge in [0.25, 0.3) is 0 Å². The quantitative estimate of drug-likeness (QED) is 0.330. The molecule has 4 nitrogen and oxygen atoms in total. The van der Waals surface area contributed by atoms with Crippen LogP contribution in [-0.2, 0) is 0 Å². The predicted octanol–water partition coefficient (Wildman–Crippen LogP) is 6.69. The predicted molar refractivity (Wildman–Crippen MR) is 117 cm³/mol. The lowest BCUT2D eigenvalue weighted by molar-refractivity contribution is 1.21. The van der Waals surface area contributed by atoms with E-state index in [0.717, 1.165) is 42.9 Å². The molecule has 5 rings (SSSR count). The normalized spacial score (nSPS) is 11.1. The Bertz CT molecular complexity index is 1210. The van der Waals surface area contributed by atoms with Crippen molar-refractivity contribution in [2.75, 3.05) is 5.32 Å². The lowest BCUT2D eigenvalue weighted by Gasteiger charge is -2.03. The maximum Gasteiger partial charge on any atom is 0.194 e. The zero-order valence-electron chi connectivity index (χ0n) is 14.0. The third kappa shape index (κ3) is 3.18. The van der Waals surface area contributed by atoms with Gasteiger partial charge in [-0.1, -0.05) is 46.3 Å².